The van der Waals surface area contributed by atoms with Crippen LogP contribution >= 0.6 is 0 Å². The lowest BCUT2D eigenvalue weighted by Gasteiger charge is -2.27. The number of para-hydroxylation sites is 2. The molecule has 2 rings (SSSR count). The van der Waals surface area contributed by atoms with Crippen molar-refractivity contribution in [1.82, 2.24) is 5.32 Å². The highest BCUT2D eigenvalue weighted by atomic mass is 16.5. The molecule has 0 saturated heterocycles. The zero-order valence-corrected chi connectivity index (χ0v) is 11.8. The summed E-state index contributed by atoms with van der Waals surface area (Å²) >= 11 is 0. The molecule has 0 spiro atoms. The van der Waals surface area contributed by atoms with Gasteiger partial charge >= 0.3 is 0 Å². The molecular weight excluding hydrogens is 240 g/mol. The van der Waals surface area contributed by atoms with Crippen LogP contribution in [0.3, 0.4) is 0 Å². The van der Waals surface area contributed by atoms with E-state index in [1.165, 1.54) is 0 Å². The van der Waals surface area contributed by atoms with Crippen molar-refractivity contribution in [2.75, 3.05) is 31.1 Å². The number of hydrogen-bond donors (Lipinski definition) is 2. The second kappa shape index (κ2) is 6.78. The minimum Gasteiger partial charge on any atom is -0.491 e. The van der Waals surface area contributed by atoms with Crippen LogP contribution in [0.5, 0.6) is 5.75 Å². The number of nitrogens with zero attached hydrogens (tertiary/aromatic N) is 1. The van der Waals surface area contributed by atoms with Gasteiger partial charge in [0.25, 0.3) is 0 Å². The SMILES string of the molecule is CC(C)NCC(O)CN1CCCOc2ccccc21. The molecule has 0 aromatic heterocycles. The lowest BCUT2D eigenvalue weighted by atomic mass is 10.2. The van der Waals surface area contributed by atoms with Crippen molar-refractivity contribution in [3.05, 3.63) is 24.3 Å². The summed E-state index contributed by atoms with van der Waals surface area (Å²) in [5.41, 5.74) is 1.09. The Kier molecular flexibility index (Phi) is 5.05. The van der Waals surface area contributed by atoms with Crippen LogP contribution in [-0.2, 0) is 0 Å². The topological polar surface area (TPSA) is 44.7 Å². The molecule has 0 bridgehead atoms. The van der Waals surface area contributed by atoms with Crippen LogP contribution in [0.1, 0.15) is 20.3 Å². The number of β-amino-alcohol motifs (C(OH)–C–C–N with tert-alkyl or cyclic N) is 1. The van der Waals surface area contributed by atoms with Crippen molar-refractivity contribution in [3.63, 3.8) is 0 Å². The van der Waals surface area contributed by atoms with Crippen molar-refractivity contribution in [2.45, 2.75) is 32.4 Å². The maximum atomic E-state index is 10.1. The molecule has 0 saturated carbocycles. The molecule has 1 unspecified atom stereocenters. The Morgan fingerprint density at radius 1 is 1.37 bits per heavy atom. The summed E-state index contributed by atoms with van der Waals surface area (Å²) in [5, 5.41) is 13.4. The van der Waals surface area contributed by atoms with Crippen LogP contribution in [0, 0.1) is 0 Å². The number of hydrogen-bond acceptors (Lipinski definition) is 4. The van der Waals surface area contributed by atoms with Gasteiger partial charge in [0.2, 0.25) is 0 Å². The highest BCUT2D eigenvalue weighted by molar-refractivity contribution is 5.59. The van der Waals surface area contributed by atoms with Gasteiger partial charge in [-0.3, -0.25) is 0 Å². The van der Waals surface area contributed by atoms with Crippen LogP contribution in [-0.4, -0.2) is 43.5 Å². The fourth-order valence-corrected chi connectivity index (χ4v) is 2.28. The number of nitrogens with one attached hydrogen (secondary N) is 1. The minimum absolute atomic E-state index is 0.367. The van der Waals surface area contributed by atoms with Gasteiger partial charge in [-0.05, 0) is 18.6 Å². The maximum Gasteiger partial charge on any atom is 0.142 e. The molecule has 2 N–H and O–H groups in total. The van der Waals surface area contributed by atoms with E-state index in [4.69, 9.17) is 4.74 Å². The Morgan fingerprint density at radius 2 is 2.16 bits per heavy atom. The van der Waals surface area contributed by atoms with E-state index in [-0.39, 0.29) is 6.10 Å². The number of fused-ring (bicyclic) bond motifs is 1. The standard InChI is InChI=1S/C15H24N2O2/c1-12(2)16-10-13(18)11-17-8-5-9-19-15-7-4-3-6-14(15)17/h3-4,6-7,12-13,16,18H,5,8-11H2,1-2H3. The van der Waals surface area contributed by atoms with Crippen LogP contribution in [0.2, 0.25) is 0 Å². The van der Waals surface area contributed by atoms with E-state index in [0.29, 0.717) is 19.1 Å². The quantitative estimate of drug-likeness (QED) is 0.848. The molecule has 1 aliphatic rings. The molecule has 0 radical (unpaired) electrons. The number of aliphatic hydroxyl groups excluding tert-OH is 1. The predicted molar refractivity (Wildman–Crippen MR) is 77.9 cm³/mol. The van der Waals surface area contributed by atoms with Gasteiger partial charge in [-0.1, -0.05) is 26.0 Å². The summed E-state index contributed by atoms with van der Waals surface area (Å²) in [6, 6.07) is 8.45. The average Bonchev–Trinajstić information content (AvgIpc) is 2.59. The highest BCUT2D eigenvalue weighted by Crippen LogP contribution is 2.30. The third kappa shape index (κ3) is 4.11. The van der Waals surface area contributed by atoms with E-state index in [0.717, 1.165) is 31.0 Å². The van der Waals surface area contributed by atoms with Crippen LogP contribution in [0.15, 0.2) is 24.3 Å². The van der Waals surface area contributed by atoms with Gasteiger partial charge in [0.05, 0.1) is 18.4 Å². The first-order chi connectivity index (χ1) is 9.16. The number of rotatable bonds is 5. The van der Waals surface area contributed by atoms with E-state index >= 15 is 0 Å². The summed E-state index contributed by atoms with van der Waals surface area (Å²) < 4.78 is 5.72. The molecule has 1 aliphatic heterocycles. The number of anilines is 1. The fraction of sp³-hybridized carbons (Fsp3) is 0.600. The summed E-state index contributed by atoms with van der Waals surface area (Å²) in [6.45, 7) is 7.10. The van der Waals surface area contributed by atoms with E-state index < -0.39 is 0 Å². The normalized spacial score (nSPS) is 16.7. The molecule has 4 nitrogen and oxygen atoms in total. The molecule has 1 aromatic carbocycles. The summed E-state index contributed by atoms with van der Waals surface area (Å²) in [6.07, 6.45) is 0.618. The van der Waals surface area contributed by atoms with Crippen LogP contribution in [0.4, 0.5) is 5.69 Å². The summed E-state index contributed by atoms with van der Waals surface area (Å²) in [4.78, 5) is 2.22. The molecule has 19 heavy (non-hydrogen) atoms. The van der Waals surface area contributed by atoms with Crippen LogP contribution < -0.4 is 15.0 Å². The lowest BCUT2D eigenvalue weighted by Crippen LogP contribution is -2.40. The first kappa shape index (κ1) is 14.2. The maximum absolute atomic E-state index is 10.1. The Bertz CT molecular complexity index is 395. The van der Waals surface area contributed by atoms with E-state index in [9.17, 15) is 5.11 Å². The fourth-order valence-electron chi connectivity index (χ4n) is 2.28. The molecule has 0 fully saturated rings. The van der Waals surface area contributed by atoms with Crippen molar-refractivity contribution in [1.29, 1.82) is 0 Å². The third-order valence-corrected chi connectivity index (χ3v) is 3.23. The Hall–Kier alpha value is -1.26. The number of benzene rings is 1. The second-order valence-corrected chi connectivity index (χ2v) is 5.33. The summed E-state index contributed by atoms with van der Waals surface area (Å²) in [5.74, 6) is 0.920. The van der Waals surface area contributed by atoms with E-state index in [1.807, 2.05) is 18.2 Å². The molecule has 106 valence electrons. The van der Waals surface area contributed by atoms with Gasteiger partial charge in [-0.25, -0.2) is 0 Å². The van der Waals surface area contributed by atoms with Crippen molar-refractivity contribution in [2.24, 2.45) is 0 Å². The molecule has 0 aliphatic carbocycles. The van der Waals surface area contributed by atoms with Crippen molar-refractivity contribution < 1.29 is 9.84 Å². The van der Waals surface area contributed by atoms with Crippen LogP contribution in [0.25, 0.3) is 0 Å². The first-order valence-corrected chi connectivity index (χ1v) is 7.05. The van der Waals surface area contributed by atoms with E-state index in [2.05, 4.69) is 30.1 Å². The van der Waals surface area contributed by atoms with Gasteiger partial charge in [-0.2, -0.15) is 0 Å². The first-order valence-electron chi connectivity index (χ1n) is 7.05. The Balaban J connectivity index is 1.99. The second-order valence-electron chi connectivity index (χ2n) is 5.33. The molecule has 1 aromatic rings. The van der Waals surface area contributed by atoms with Gasteiger partial charge in [0.15, 0.2) is 0 Å². The minimum atomic E-state index is -0.367. The highest BCUT2D eigenvalue weighted by Gasteiger charge is 2.18. The predicted octanol–water partition coefficient (Wildman–Crippen LogP) is 1.63. The number of aliphatic hydroxyl groups is 1. The van der Waals surface area contributed by atoms with Gasteiger partial charge in [-0.15, -0.1) is 0 Å². The molecule has 4 heteroatoms. The average molecular weight is 264 g/mol. The van der Waals surface area contributed by atoms with Gasteiger partial charge < -0.3 is 20.1 Å². The third-order valence-electron chi connectivity index (χ3n) is 3.23. The number of ether oxygens (including phenoxy) is 1. The van der Waals surface area contributed by atoms with E-state index in [1.54, 1.807) is 0 Å². The Labute approximate surface area is 115 Å². The molecule has 1 atom stereocenters. The molecule has 1 heterocycles. The van der Waals surface area contributed by atoms with Gasteiger partial charge in [0, 0.05) is 25.7 Å². The smallest absolute Gasteiger partial charge is 0.142 e. The molecular formula is C15H24N2O2. The largest absolute Gasteiger partial charge is 0.491 e. The van der Waals surface area contributed by atoms with Crippen molar-refractivity contribution in [3.8, 4) is 5.75 Å². The zero-order chi connectivity index (χ0) is 13.7. The molecule has 0 amide bonds. The zero-order valence-electron chi connectivity index (χ0n) is 11.8. The monoisotopic (exact) mass is 264 g/mol. The summed E-state index contributed by atoms with van der Waals surface area (Å²) in [7, 11) is 0. The lowest BCUT2D eigenvalue weighted by molar-refractivity contribution is 0.173. The Morgan fingerprint density at radius 3 is 2.95 bits per heavy atom. The van der Waals surface area contributed by atoms with Crippen molar-refractivity contribution >= 4 is 5.69 Å². The van der Waals surface area contributed by atoms with Gasteiger partial charge in [0.1, 0.15) is 5.75 Å².